The highest BCUT2D eigenvalue weighted by molar-refractivity contribution is 7.85. The molecule has 6 nitrogen and oxygen atoms in total. The minimum Gasteiger partial charge on any atom is -0.478 e. The summed E-state index contributed by atoms with van der Waals surface area (Å²) in [6.45, 7) is 0. The summed E-state index contributed by atoms with van der Waals surface area (Å²) in [6, 6.07) is 4.96. The van der Waals surface area contributed by atoms with Gasteiger partial charge in [-0.3, -0.25) is 4.21 Å². The topological polar surface area (TPSA) is 85.1 Å². The minimum atomic E-state index is -0.959. The second-order valence-electron chi connectivity index (χ2n) is 4.62. The molecular formula is C12H13N3O3S. The quantitative estimate of drug-likeness (QED) is 0.893. The molecule has 0 unspecified atom stereocenters. The fraction of sp³-hybridized carbons (Fsp3) is 0.417. The van der Waals surface area contributed by atoms with Gasteiger partial charge in [-0.2, -0.15) is 0 Å². The molecule has 0 radical (unpaired) electrons. The summed E-state index contributed by atoms with van der Waals surface area (Å²) in [5, 5.41) is 17.2. The smallest absolute Gasteiger partial charge is 0.335 e. The Morgan fingerprint density at radius 1 is 1.37 bits per heavy atom. The molecular weight excluding hydrogens is 266 g/mol. The van der Waals surface area contributed by atoms with Crippen molar-refractivity contribution >= 4 is 27.8 Å². The minimum absolute atomic E-state index is 0.159. The summed E-state index contributed by atoms with van der Waals surface area (Å²) in [4.78, 5) is 11.0. The molecule has 19 heavy (non-hydrogen) atoms. The van der Waals surface area contributed by atoms with Crippen molar-refractivity contribution in [2.45, 2.75) is 18.9 Å². The van der Waals surface area contributed by atoms with E-state index >= 15 is 0 Å². The van der Waals surface area contributed by atoms with Crippen LogP contribution >= 0.6 is 0 Å². The maximum Gasteiger partial charge on any atom is 0.335 e. The Bertz CT molecular complexity index is 657. The van der Waals surface area contributed by atoms with Gasteiger partial charge < -0.3 is 5.11 Å². The van der Waals surface area contributed by atoms with Crippen LogP contribution in [-0.4, -0.2) is 41.8 Å². The number of fused-ring (bicyclic) bond motifs is 1. The van der Waals surface area contributed by atoms with E-state index in [2.05, 4.69) is 10.3 Å². The molecule has 2 heterocycles. The van der Waals surface area contributed by atoms with E-state index in [4.69, 9.17) is 5.11 Å². The first-order valence-corrected chi connectivity index (χ1v) is 7.57. The zero-order chi connectivity index (χ0) is 13.4. The lowest BCUT2D eigenvalue weighted by Crippen LogP contribution is -2.22. The number of benzene rings is 1. The number of hydrogen-bond donors (Lipinski definition) is 1. The SMILES string of the molecule is O=C(O)c1ccc2nnn(C3CCS(=O)CC3)c2c1. The Labute approximate surface area is 111 Å². The van der Waals surface area contributed by atoms with Gasteiger partial charge in [0.15, 0.2) is 0 Å². The van der Waals surface area contributed by atoms with Crippen molar-refractivity contribution in [2.24, 2.45) is 0 Å². The second kappa shape index (κ2) is 4.73. The van der Waals surface area contributed by atoms with E-state index in [0.29, 0.717) is 17.0 Å². The number of aromatic carboxylic acids is 1. The maximum atomic E-state index is 11.4. The number of carboxylic acids is 1. The first-order chi connectivity index (χ1) is 9.15. The molecule has 1 aliphatic heterocycles. The average Bonchev–Trinajstić information content (AvgIpc) is 2.82. The molecule has 0 saturated carbocycles. The Balaban J connectivity index is 2.01. The van der Waals surface area contributed by atoms with Crippen LogP contribution < -0.4 is 0 Å². The van der Waals surface area contributed by atoms with Crippen LogP contribution in [0.15, 0.2) is 18.2 Å². The summed E-state index contributed by atoms with van der Waals surface area (Å²) < 4.78 is 13.1. The highest BCUT2D eigenvalue weighted by atomic mass is 32.2. The molecule has 100 valence electrons. The molecule has 1 N–H and O–H groups in total. The number of hydrogen-bond acceptors (Lipinski definition) is 4. The predicted molar refractivity (Wildman–Crippen MR) is 70.6 cm³/mol. The van der Waals surface area contributed by atoms with Crippen LogP contribution in [0.5, 0.6) is 0 Å². The van der Waals surface area contributed by atoms with Gasteiger partial charge in [0.2, 0.25) is 0 Å². The first-order valence-electron chi connectivity index (χ1n) is 6.08. The van der Waals surface area contributed by atoms with E-state index in [1.165, 1.54) is 6.07 Å². The number of carboxylic acid groups (broad SMARTS) is 1. The van der Waals surface area contributed by atoms with Gasteiger partial charge in [0.25, 0.3) is 0 Å². The lowest BCUT2D eigenvalue weighted by atomic mass is 10.1. The second-order valence-corrected chi connectivity index (χ2v) is 6.32. The summed E-state index contributed by atoms with van der Waals surface area (Å²) in [5.41, 5.74) is 1.66. The van der Waals surface area contributed by atoms with Crippen LogP contribution in [0.4, 0.5) is 0 Å². The van der Waals surface area contributed by atoms with Crippen molar-refractivity contribution in [1.82, 2.24) is 15.0 Å². The van der Waals surface area contributed by atoms with Crippen molar-refractivity contribution in [3.63, 3.8) is 0 Å². The van der Waals surface area contributed by atoms with Crippen LogP contribution in [0.3, 0.4) is 0 Å². The van der Waals surface area contributed by atoms with E-state index in [9.17, 15) is 9.00 Å². The van der Waals surface area contributed by atoms with Gasteiger partial charge >= 0.3 is 5.97 Å². The number of carbonyl (C=O) groups is 1. The van der Waals surface area contributed by atoms with Gasteiger partial charge in [-0.05, 0) is 31.0 Å². The molecule has 0 spiro atoms. The Hall–Kier alpha value is -1.76. The molecule has 1 aromatic carbocycles. The third-order valence-electron chi connectivity index (χ3n) is 3.42. The molecule has 1 aromatic heterocycles. The van der Waals surface area contributed by atoms with Crippen molar-refractivity contribution in [3.8, 4) is 0 Å². The molecule has 0 bridgehead atoms. The van der Waals surface area contributed by atoms with Gasteiger partial charge in [0, 0.05) is 22.3 Å². The molecule has 0 aliphatic carbocycles. The van der Waals surface area contributed by atoms with Crippen LogP contribution in [0.2, 0.25) is 0 Å². The van der Waals surface area contributed by atoms with E-state index in [-0.39, 0.29) is 11.6 Å². The van der Waals surface area contributed by atoms with Crippen LogP contribution in [-0.2, 0) is 10.8 Å². The maximum absolute atomic E-state index is 11.4. The zero-order valence-corrected chi connectivity index (χ0v) is 11.0. The lowest BCUT2D eigenvalue weighted by molar-refractivity contribution is 0.0697. The number of nitrogens with zero attached hydrogens (tertiary/aromatic N) is 3. The number of aromatic nitrogens is 3. The van der Waals surface area contributed by atoms with Gasteiger partial charge in [0.1, 0.15) is 5.52 Å². The summed E-state index contributed by atoms with van der Waals surface area (Å²) in [5.74, 6) is 0.384. The third kappa shape index (κ3) is 2.25. The largest absolute Gasteiger partial charge is 0.478 e. The zero-order valence-electron chi connectivity index (χ0n) is 10.2. The van der Waals surface area contributed by atoms with Gasteiger partial charge in [-0.25, -0.2) is 9.48 Å². The molecule has 2 aromatic rings. The molecule has 7 heteroatoms. The first kappa shape index (κ1) is 12.3. The monoisotopic (exact) mass is 279 g/mol. The highest BCUT2D eigenvalue weighted by Crippen LogP contribution is 2.25. The van der Waals surface area contributed by atoms with Crippen LogP contribution in [0, 0.1) is 0 Å². The molecule has 1 aliphatic rings. The summed E-state index contributed by atoms with van der Waals surface area (Å²) in [6.07, 6.45) is 1.59. The van der Waals surface area contributed by atoms with Crippen LogP contribution in [0.25, 0.3) is 11.0 Å². The van der Waals surface area contributed by atoms with Crippen LogP contribution in [0.1, 0.15) is 29.2 Å². The van der Waals surface area contributed by atoms with Gasteiger partial charge in [-0.15, -0.1) is 5.10 Å². The standard InChI is InChI=1S/C12H13N3O3S/c16-12(17)8-1-2-10-11(7-8)15(14-13-10)9-3-5-19(18)6-4-9/h1-2,7,9H,3-6H2,(H,16,17). The lowest BCUT2D eigenvalue weighted by Gasteiger charge is -2.21. The van der Waals surface area contributed by atoms with Crippen molar-refractivity contribution in [2.75, 3.05) is 11.5 Å². The Morgan fingerprint density at radius 2 is 2.11 bits per heavy atom. The molecule has 3 rings (SSSR count). The van der Waals surface area contributed by atoms with E-state index in [0.717, 1.165) is 18.4 Å². The van der Waals surface area contributed by atoms with E-state index in [1.807, 2.05) is 0 Å². The molecule has 1 saturated heterocycles. The Kier molecular flexibility index (Phi) is 3.06. The predicted octanol–water partition coefficient (Wildman–Crippen LogP) is 1.21. The van der Waals surface area contributed by atoms with Crippen molar-refractivity contribution < 1.29 is 14.1 Å². The van der Waals surface area contributed by atoms with E-state index < -0.39 is 16.8 Å². The average molecular weight is 279 g/mol. The van der Waals surface area contributed by atoms with Crippen molar-refractivity contribution in [1.29, 1.82) is 0 Å². The molecule has 0 atom stereocenters. The highest BCUT2D eigenvalue weighted by Gasteiger charge is 2.22. The van der Waals surface area contributed by atoms with Crippen molar-refractivity contribution in [3.05, 3.63) is 23.8 Å². The normalized spacial score (nSPS) is 23.6. The summed E-state index contributed by atoms with van der Waals surface area (Å²) >= 11 is 0. The summed E-state index contributed by atoms with van der Waals surface area (Å²) in [7, 11) is -0.724. The fourth-order valence-electron chi connectivity index (χ4n) is 2.36. The Morgan fingerprint density at radius 3 is 2.79 bits per heavy atom. The van der Waals surface area contributed by atoms with Gasteiger partial charge in [0.05, 0.1) is 17.1 Å². The number of rotatable bonds is 2. The molecule has 1 fully saturated rings. The third-order valence-corrected chi connectivity index (χ3v) is 4.80. The molecule has 0 amide bonds. The van der Waals surface area contributed by atoms with E-state index in [1.54, 1.807) is 16.8 Å². The van der Waals surface area contributed by atoms with Gasteiger partial charge in [-0.1, -0.05) is 5.21 Å². The fourth-order valence-corrected chi connectivity index (χ4v) is 3.64.